The number of nitrogens with two attached hydrogens (primary N) is 1. The van der Waals surface area contributed by atoms with Crippen molar-refractivity contribution in [3.05, 3.63) is 71.0 Å². The number of anilines is 1. The van der Waals surface area contributed by atoms with Crippen LogP contribution in [0.15, 0.2) is 48.5 Å². The second-order valence-electron chi connectivity index (χ2n) is 6.94. The maximum Gasteiger partial charge on any atom is 0.276 e. The van der Waals surface area contributed by atoms with Gasteiger partial charge in [-0.1, -0.05) is 18.2 Å². The Morgan fingerprint density at radius 2 is 1.96 bits per heavy atom. The topological polar surface area (TPSA) is 82.2 Å². The molecule has 144 valence electrons. The van der Waals surface area contributed by atoms with E-state index < -0.39 is 0 Å². The van der Waals surface area contributed by atoms with Crippen molar-refractivity contribution in [3.8, 4) is 11.4 Å². The lowest BCUT2D eigenvalue weighted by molar-refractivity contribution is 0.102. The Labute approximate surface area is 164 Å². The Hall–Kier alpha value is -3.12. The van der Waals surface area contributed by atoms with E-state index in [1.807, 2.05) is 47.1 Å². The van der Waals surface area contributed by atoms with Crippen molar-refractivity contribution in [2.75, 3.05) is 18.5 Å². The lowest BCUT2D eigenvalue weighted by Crippen LogP contribution is -2.15. The number of para-hydroxylation sites is 1. The third-order valence-electron chi connectivity index (χ3n) is 4.99. The summed E-state index contributed by atoms with van der Waals surface area (Å²) in [7, 11) is 0. The third kappa shape index (κ3) is 3.51. The summed E-state index contributed by atoms with van der Waals surface area (Å²) in [5.74, 6) is 0.550. The van der Waals surface area contributed by atoms with Gasteiger partial charge in [0, 0.05) is 23.5 Å². The molecule has 0 atom stereocenters. The molecule has 4 rings (SSSR count). The SMILES string of the molecule is Cc1ccccc1-n1nc(C(=O)Nc2ccc(OCCN)cc2)c2c1CCC2. The average molecular weight is 376 g/mol. The van der Waals surface area contributed by atoms with Crippen LogP contribution in [-0.2, 0) is 12.8 Å². The van der Waals surface area contributed by atoms with E-state index in [4.69, 9.17) is 10.5 Å². The largest absolute Gasteiger partial charge is 0.492 e. The van der Waals surface area contributed by atoms with Gasteiger partial charge in [0.05, 0.1) is 5.69 Å². The summed E-state index contributed by atoms with van der Waals surface area (Å²) in [5.41, 5.74) is 11.0. The van der Waals surface area contributed by atoms with E-state index in [1.54, 1.807) is 0 Å². The van der Waals surface area contributed by atoms with Crippen LogP contribution in [-0.4, -0.2) is 28.8 Å². The maximum absolute atomic E-state index is 12.9. The molecule has 6 heteroatoms. The number of carbonyl (C=O) groups is 1. The molecule has 0 bridgehead atoms. The Kier molecular flexibility index (Phi) is 5.12. The lowest BCUT2D eigenvalue weighted by Gasteiger charge is -2.09. The van der Waals surface area contributed by atoms with E-state index in [2.05, 4.69) is 23.4 Å². The van der Waals surface area contributed by atoms with Crippen LogP contribution in [0.25, 0.3) is 5.69 Å². The van der Waals surface area contributed by atoms with Crippen LogP contribution < -0.4 is 15.8 Å². The molecule has 2 aromatic carbocycles. The highest BCUT2D eigenvalue weighted by Gasteiger charge is 2.27. The Morgan fingerprint density at radius 3 is 2.71 bits per heavy atom. The minimum Gasteiger partial charge on any atom is -0.492 e. The second-order valence-corrected chi connectivity index (χ2v) is 6.94. The molecule has 0 unspecified atom stereocenters. The molecule has 28 heavy (non-hydrogen) atoms. The zero-order valence-corrected chi connectivity index (χ0v) is 15.9. The van der Waals surface area contributed by atoms with Crippen LogP contribution in [0, 0.1) is 6.92 Å². The summed E-state index contributed by atoms with van der Waals surface area (Å²) < 4.78 is 7.41. The van der Waals surface area contributed by atoms with Gasteiger partial charge in [-0.05, 0) is 62.1 Å². The third-order valence-corrected chi connectivity index (χ3v) is 4.99. The molecule has 3 N–H and O–H groups in total. The van der Waals surface area contributed by atoms with Crippen molar-refractivity contribution in [2.45, 2.75) is 26.2 Å². The first-order valence-electron chi connectivity index (χ1n) is 9.58. The molecule has 0 aliphatic heterocycles. The van der Waals surface area contributed by atoms with Gasteiger partial charge in [0.1, 0.15) is 12.4 Å². The second kappa shape index (κ2) is 7.86. The van der Waals surface area contributed by atoms with E-state index in [9.17, 15) is 4.79 Å². The van der Waals surface area contributed by atoms with E-state index >= 15 is 0 Å². The fourth-order valence-corrected chi connectivity index (χ4v) is 3.62. The number of hydrogen-bond donors (Lipinski definition) is 2. The number of hydrogen-bond acceptors (Lipinski definition) is 4. The standard InChI is InChI=1S/C22H24N4O2/c1-15-5-2-3-7-19(15)26-20-8-4-6-18(20)21(25-26)22(27)24-16-9-11-17(12-10-16)28-14-13-23/h2-3,5,7,9-12H,4,6,8,13-14,23H2,1H3,(H,24,27). The van der Waals surface area contributed by atoms with Gasteiger partial charge in [-0.15, -0.1) is 0 Å². The number of carbonyl (C=O) groups excluding carboxylic acids is 1. The monoisotopic (exact) mass is 376 g/mol. The number of amides is 1. The van der Waals surface area contributed by atoms with E-state index in [1.165, 1.54) is 0 Å². The smallest absolute Gasteiger partial charge is 0.276 e. The Bertz CT molecular complexity index is 992. The molecule has 1 amide bonds. The van der Waals surface area contributed by atoms with Crippen molar-refractivity contribution in [1.29, 1.82) is 0 Å². The molecule has 1 heterocycles. The van der Waals surface area contributed by atoms with Crippen molar-refractivity contribution in [1.82, 2.24) is 9.78 Å². The first-order chi connectivity index (χ1) is 13.7. The summed E-state index contributed by atoms with van der Waals surface area (Å²) in [6.45, 7) is 2.99. The Balaban J connectivity index is 1.59. The fourth-order valence-electron chi connectivity index (χ4n) is 3.62. The highest BCUT2D eigenvalue weighted by Crippen LogP contribution is 2.29. The summed E-state index contributed by atoms with van der Waals surface area (Å²) >= 11 is 0. The number of aromatic nitrogens is 2. The maximum atomic E-state index is 12.9. The number of fused-ring (bicyclic) bond motifs is 1. The molecule has 1 aromatic heterocycles. The first-order valence-corrected chi connectivity index (χ1v) is 9.58. The quantitative estimate of drug-likeness (QED) is 0.692. The lowest BCUT2D eigenvalue weighted by atomic mass is 10.1. The van der Waals surface area contributed by atoms with E-state index in [-0.39, 0.29) is 5.91 Å². The van der Waals surface area contributed by atoms with Crippen molar-refractivity contribution >= 4 is 11.6 Å². The molecule has 0 spiro atoms. The van der Waals surface area contributed by atoms with Gasteiger partial charge in [-0.25, -0.2) is 4.68 Å². The zero-order valence-electron chi connectivity index (χ0n) is 15.9. The average Bonchev–Trinajstić information content (AvgIpc) is 3.31. The van der Waals surface area contributed by atoms with Gasteiger partial charge in [-0.3, -0.25) is 4.79 Å². The predicted octanol–water partition coefficient (Wildman–Crippen LogP) is 3.26. The summed E-state index contributed by atoms with van der Waals surface area (Å²) in [5, 5.41) is 7.64. The van der Waals surface area contributed by atoms with Crippen molar-refractivity contribution in [2.24, 2.45) is 5.73 Å². The molecule has 1 aliphatic rings. The van der Waals surface area contributed by atoms with Crippen LogP contribution in [0.2, 0.25) is 0 Å². The van der Waals surface area contributed by atoms with Crippen molar-refractivity contribution in [3.63, 3.8) is 0 Å². The molecular formula is C22H24N4O2. The predicted molar refractivity (Wildman–Crippen MR) is 109 cm³/mol. The Morgan fingerprint density at radius 1 is 1.18 bits per heavy atom. The molecule has 0 fully saturated rings. The highest BCUT2D eigenvalue weighted by atomic mass is 16.5. The minimum atomic E-state index is -0.180. The number of rotatable bonds is 6. The molecule has 0 saturated carbocycles. The summed E-state index contributed by atoms with van der Waals surface area (Å²) in [4.78, 5) is 12.9. The fraction of sp³-hybridized carbons (Fsp3) is 0.273. The van der Waals surface area contributed by atoms with E-state index in [0.29, 0.717) is 24.5 Å². The van der Waals surface area contributed by atoms with Gasteiger partial charge in [0.2, 0.25) is 0 Å². The molecule has 3 aromatic rings. The van der Waals surface area contributed by atoms with Gasteiger partial charge in [-0.2, -0.15) is 5.10 Å². The van der Waals surface area contributed by atoms with Gasteiger partial charge in [0.25, 0.3) is 5.91 Å². The van der Waals surface area contributed by atoms with Gasteiger partial charge >= 0.3 is 0 Å². The molecule has 1 aliphatic carbocycles. The van der Waals surface area contributed by atoms with Crippen LogP contribution in [0.4, 0.5) is 5.69 Å². The van der Waals surface area contributed by atoms with Gasteiger partial charge < -0.3 is 15.8 Å². The molecular weight excluding hydrogens is 352 g/mol. The zero-order chi connectivity index (χ0) is 19.5. The number of nitrogens with one attached hydrogen (secondary N) is 1. The number of ether oxygens (including phenoxy) is 1. The van der Waals surface area contributed by atoms with Crippen LogP contribution >= 0.6 is 0 Å². The first kappa shape index (κ1) is 18.3. The normalized spacial score (nSPS) is 12.6. The van der Waals surface area contributed by atoms with Crippen molar-refractivity contribution < 1.29 is 9.53 Å². The van der Waals surface area contributed by atoms with Gasteiger partial charge in [0.15, 0.2) is 5.69 Å². The van der Waals surface area contributed by atoms with E-state index in [0.717, 1.165) is 47.5 Å². The minimum absolute atomic E-state index is 0.180. The summed E-state index contributed by atoms with van der Waals surface area (Å²) in [6, 6.07) is 15.4. The summed E-state index contributed by atoms with van der Waals surface area (Å²) in [6.07, 6.45) is 2.87. The van der Waals surface area contributed by atoms with Crippen LogP contribution in [0.1, 0.15) is 33.7 Å². The van der Waals surface area contributed by atoms with Crippen LogP contribution in [0.3, 0.4) is 0 Å². The number of aryl methyl sites for hydroxylation is 1. The highest BCUT2D eigenvalue weighted by molar-refractivity contribution is 6.04. The molecule has 6 nitrogen and oxygen atoms in total. The molecule has 0 saturated heterocycles. The number of benzene rings is 2. The molecule has 0 radical (unpaired) electrons. The number of nitrogens with zero attached hydrogens (tertiary/aromatic N) is 2. The van der Waals surface area contributed by atoms with Crippen LogP contribution in [0.5, 0.6) is 5.75 Å².